The van der Waals surface area contributed by atoms with Crippen LogP contribution in [0.2, 0.25) is 0 Å². The largest absolute Gasteiger partial charge is 0.330 e. The lowest BCUT2D eigenvalue weighted by molar-refractivity contribution is -0.141. The van der Waals surface area contributed by atoms with Gasteiger partial charge in [0, 0.05) is 12.5 Å². The summed E-state index contributed by atoms with van der Waals surface area (Å²) in [6.07, 6.45) is 8.80. The van der Waals surface area contributed by atoms with E-state index in [-0.39, 0.29) is 23.8 Å². The third-order valence-corrected chi connectivity index (χ3v) is 5.91. The van der Waals surface area contributed by atoms with E-state index in [1.165, 1.54) is 6.42 Å². The van der Waals surface area contributed by atoms with Gasteiger partial charge in [-0.15, -0.1) is 11.8 Å². The minimum absolute atomic E-state index is 0.0839. The molecule has 1 saturated carbocycles. The zero-order valence-corrected chi connectivity index (χ0v) is 15.7. The summed E-state index contributed by atoms with van der Waals surface area (Å²) in [7, 11) is 0. The molecular weight excluding hydrogens is 334 g/mol. The van der Waals surface area contributed by atoms with E-state index in [0.717, 1.165) is 49.3 Å². The number of carbonyl (C=O) groups is 2. The summed E-state index contributed by atoms with van der Waals surface area (Å²) in [6.45, 7) is 2.79. The fraction of sp³-hybridized carbons (Fsp3) is 0.632. The fourth-order valence-corrected chi connectivity index (χ4v) is 4.39. The minimum atomic E-state index is -0.334. The Balaban J connectivity index is 1.61. The minimum Gasteiger partial charge on any atom is -0.330 e. The van der Waals surface area contributed by atoms with Crippen LogP contribution in [0.5, 0.6) is 0 Å². The first kappa shape index (κ1) is 18.2. The van der Waals surface area contributed by atoms with Crippen molar-refractivity contribution in [3.05, 3.63) is 18.3 Å². The van der Waals surface area contributed by atoms with Crippen molar-refractivity contribution in [1.82, 2.24) is 9.88 Å². The Morgan fingerprint density at radius 1 is 1.20 bits per heavy atom. The number of hydrogen-bond donors (Lipinski definition) is 1. The van der Waals surface area contributed by atoms with Crippen LogP contribution in [-0.4, -0.2) is 40.0 Å². The second-order valence-corrected chi connectivity index (χ2v) is 8.12. The van der Waals surface area contributed by atoms with Gasteiger partial charge in [0.25, 0.3) is 0 Å². The van der Waals surface area contributed by atoms with Crippen LogP contribution in [0.3, 0.4) is 0 Å². The Labute approximate surface area is 154 Å². The van der Waals surface area contributed by atoms with Crippen LogP contribution in [0.4, 0.5) is 5.69 Å². The standard InChI is InChI=1S/C19H27N3O2S/c1-2-25-17-11-10-15(13-20-17)21-18(23)16-9-6-12-22(16)19(24)14-7-4-3-5-8-14/h10-11,13-14,16H,2-9,12H2,1H3,(H,21,23). The molecule has 0 radical (unpaired) electrons. The van der Waals surface area contributed by atoms with Gasteiger partial charge in [-0.3, -0.25) is 9.59 Å². The van der Waals surface area contributed by atoms with Crippen LogP contribution >= 0.6 is 11.8 Å². The van der Waals surface area contributed by atoms with Crippen molar-refractivity contribution >= 4 is 29.3 Å². The van der Waals surface area contributed by atoms with Crippen molar-refractivity contribution in [2.75, 3.05) is 17.6 Å². The molecule has 1 aliphatic carbocycles. The van der Waals surface area contributed by atoms with Gasteiger partial charge in [-0.1, -0.05) is 26.2 Å². The Morgan fingerprint density at radius 2 is 2.00 bits per heavy atom. The van der Waals surface area contributed by atoms with Gasteiger partial charge < -0.3 is 10.2 Å². The van der Waals surface area contributed by atoms with Crippen LogP contribution < -0.4 is 5.32 Å². The van der Waals surface area contributed by atoms with Crippen molar-refractivity contribution in [2.45, 2.75) is 62.9 Å². The van der Waals surface area contributed by atoms with E-state index in [0.29, 0.717) is 12.2 Å². The lowest BCUT2D eigenvalue weighted by Crippen LogP contribution is -2.46. The number of nitrogens with zero attached hydrogens (tertiary/aromatic N) is 2. The zero-order valence-electron chi connectivity index (χ0n) is 14.9. The Bertz CT molecular complexity index is 599. The monoisotopic (exact) mass is 361 g/mol. The van der Waals surface area contributed by atoms with E-state index in [1.807, 2.05) is 17.0 Å². The SMILES string of the molecule is CCSc1ccc(NC(=O)C2CCCN2C(=O)C2CCCCC2)cn1. The predicted molar refractivity (Wildman–Crippen MR) is 101 cm³/mol. The van der Waals surface area contributed by atoms with Crippen LogP contribution in [-0.2, 0) is 9.59 Å². The number of pyridine rings is 1. The van der Waals surface area contributed by atoms with Crippen LogP contribution in [0.15, 0.2) is 23.4 Å². The van der Waals surface area contributed by atoms with E-state index >= 15 is 0 Å². The van der Waals surface area contributed by atoms with Crippen molar-refractivity contribution < 1.29 is 9.59 Å². The summed E-state index contributed by atoms with van der Waals surface area (Å²) >= 11 is 1.67. The van der Waals surface area contributed by atoms with Gasteiger partial charge in [-0.2, -0.15) is 0 Å². The van der Waals surface area contributed by atoms with E-state index in [1.54, 1.807) is 18.0 Å². The molecule has 2 amide bonds. The number of anilines is 1. The summed E-state index contributed by atoms with van der Waals surface area (Å²) < 4.78 is 0. The summed E-state index contributed by atoms with van der Waals surface area (Å²) in [5.41, 5.74) is 0.697. The molecule has 2 aliphatic rings. The molecule has 1 aromatic heterocycles. The number of hydrogen-bond acceptors (Lipinski definition) is 4. The maximum atomic E-state index is 12.8. The van der Waals surface area contributed by atoms with Gasteiger partial charge in [0.2, 0.25) is 11.8 Å². The predicted octanol–water partition coefficient (Wildman–Crippen LogP) is 3.70. The van der Waals surface area contributed by atoms with Crippen molar-refractivity contribution in [2.24, 2.45) is 5.92 Å². The first-order chi connectivity index (χ1) is 12.2. The lowest BCUT2D eigenvalue weighted by Gasteiger charge is -2.30. The Hall–Kier alpha value is -1.56. The van der Waals surface area contributed by atoms with Crippen molar-refractivity contribution in [3.63, 3.8) is 0 Å². The number of likely N-dealkylation sites (tertiary alicyclic amines) is 1. The van der Waals surface area contributed by atoms with Gasteiger partial charge >= 0.3 is 0 Å². The molecule has 1 unspecified atom stereocenters. The molecule has 1 N–H and O–H groups in total. The number of rotatable bonds is 5. The van der Waals surface area contributed by atoms with Gasteiger partial charge in [-0.25, -0.2) is 4.98 Å². The Morgan fingerprint density at radius 3 is 2.68 bits per heavy atom. The lowest BCUT2D eigenvalue weighted by atomic mass is 9.88. The molecule has 1 atom stereocenters. The molecule has 6 heteroatoms. The van der Waals surface area contributed by atoms with Crippen LogP contribution in [0.25, 0.3) is 0 Å². The number of amides is 2. The molecule has 0 spiro atoms. The molecule has 3 rings (SSSR count). The third-order valence-electron chi connectivity index (χ3n) is 5.09. The molecule has 2 fully saturated rings. The summed E-state index contributed by atoms with van der Waals surface area (Å²) in [6, 6.07) is 3.47. The average molecular weight is 362 g/mol. The molecule has 25 heavy (non-hydrogen) atoms. The van der Waals surface area contributed by atoms with E-state index in [4.69, 9.17) is 0 Å². The van der Waals surface area contributed by atoms with Gasteiger partial charge in [-0.05, 0) is 43.6 Å². The number of aromatic nitrogens is 1. The first-order valence-electron chi connectivity index (χ1n) is 9.39. The van der Waals surface area contributed by atoms with Gasteiger partial charge in [0.05, 0.1) is 16.9 Å². The molecule has 1 aliphatic heterocycles. The zero-order chi connectivity index (χ0) is 17.6. The maximum Gasteiger partial charge on any atom is 0.247 e. The van der Waals surface area contributed by atoms with E-state index < -0.39 is 0 Å². The number of thioether (sulfide) groups is 1. The van der Waals surface area contributed by atoms with Crippen LogP contribution in [0.1, 0.15) is 51.9 Å². The first-order valence-corrected chi connectivity index (χ1v) is 10.4. The second kappa shape index (κ2) is 8.70. The molecular formula is C19H27N3O2S. The highest BCUT2D eigenvalue weighted by atomic mass is 32.2. The van der Waals surface area contributed by atoms with E-state index in [9.17, 15) is 9.59 Å². The van der Waals surface area contributed by atoms with Crippen molar-refractivity contribution in [1.29, 1.82) is 0 Å². The highest BCUT2D eigenvalue weighted by Crippen LogP contribution is 2.29. The van der Waals surface area contributed by atoms with E-state index in [2.05, 4.69) is 17.2 Å². The summed E-state index contributed by atoms with van der Waals surface area (Å²) in [5.74, 6) is 1.19. The molecule has 2 heterocycles. The topological polar surface area (TPSA) is 62.3 Å². The second-order valence-electron chi connectivity index (χ2n) is 6.83. The molecule has 1 saturated heterocycles. The quantitative estimate of drug-likeness (QED) is 0.812. The highest BCUT2D eigenvalue weighted by Gasteiger charge is 2.37. The maximum absolute atomic E-state index is 12.8. The average Bonchev–Trinajstić information content (AvgIpc) is 3.13. The molecule has 136 valence electrons. The highest BCUT2D eigenvalue weighted by molar-refractivity contribution is 7.99. The van der Waals surface area contributed by atoms with Crippen LogP contribution in [0, 0.1) is 5.92 Å². The van der Waals surface area contributed by atoms with Crippen molar-refractivity contribution in [3.8, 4) is 0 Å². The smallest absolute Gasteiger partial charge is 0.247 e. The Kier molecular flexibility index (Phi) is 6.34. The molecule has 0 bridgehead atoms. The van der Waals surface area contributed by atoms with Gasteiger partial charge in [0.1, 0.15) is 6.04 Å². The molecule has 1 aromatic rings. The summed E-state index contributed by atoms with van der Waals surface area (Å²) in [4.78, 5) is 31.7. The summed E-state index contributed by atoms with van der Waals surface area (Å²) in [5, 5.41) is 3.89. The molecule has 0 aromatic carbocycles. The third kappa shape index (κ3) is 4.54. The molecule has 5 nitrogen and oxygen atoms in total. The number of nitrogens with one attached hydrogen (secondary N) is 1. The number of carbonyl (C=O) groups excluding carboxylic acids is 2. The van der Waals surface area contributed by atoms with Gasteiger partial charge in [0.15, 0.2) is 0 Å². The fourth-order valence-electron chi connectivity index (χ4n) is 3.80. The normalized spacial score (nSPS) is 21.3.